The van der Waals surface area contributed by atoms with Crippen molar-refractivity contribution in [2.24, 2.45) is 0 Å². The van der Waals surface area contributed by atoms with E-state index in [1.807, 2.05) is 0 Å². The molecular formula is C60H36. The van der Waals surface area contributed by atoms with Crippen LogP contribution in [0.4, 0.5) is 0 Å². The van der Waals surface area contributed by atoms with Gasteiger partial charge in [-0.25, -0.2) is 0 Å². The van der Waals surface area contributed by atoms with Crippen molar-refractivity contribution in [1.29, 1.82) is 0 Å². The minimum absolute atomic E-state index is 1.21. The van der Waals surface area contributed by atoms with Crippen molar-refractivity contribution in [1.82, 2.24) is 0 Å². The number of fused-ring (bicyclic) bond motifs is 17. The molecule has 13 aromatic carbocycles. The lowest BCUT2D eigenvalue weighted by atomic mass is 9.87. The second-order valence-corrected chi connectivity index (χ2v) is 16.3. The van der Waals surface area contributed by atoms with E-state index in [0.717, 1.165) is 0 Å². The smallest absolute Gasteiger partial charge is 0.00199 e. The topological polar surface area (TPSA) is 0 Å². The number of benzene rings is 13. The van der Waals surface area contributed by atoms with Gasteiger partial charge in [-0.15, -0.1) is 0 Å². The normalized spacial score (nSPS) is 12.0. The summed E-state index contributed by atoms with van der Waals surface area (Å²) in [6.45, 7) is 0. The van der Waals surface area contributed by atoms with E-state index in [1.54, 1.807) is 0 Å². The highest BCUT2D eigenvalue weighted by Gasteiger charge is 2.17. The lowest BCUT2D eigenvalue weighted by molar-refractivity contribution is 1.63. The highest BCUT2D eigenvalue weighted by atomic mass is 14.2. The summed E-state index contributed by atoms with van der Waals surface area (Å²) in [7, 11) is 0. The van der Waals surface area contributed by atoms with E-state index in [9.17, 15) is 0 Å². The first-order valence-electron chi connectivity index (χ1n) is 20.9. The summed E-state index contributed by atoms with van der Waals surface area (Å²) < 4.78 is 0. The van der Waals surface area contributed by atoms with E-state index in [0.29, 0.717) is 0 Å². The number of hydrogen-bond acceptors (Lipinski definition) is 0. The van der Waals surface area contributed by atoms with Crippen LogP contribution < -0.4 is 0 Å². The highest BCUT2D eigenvalue weighted by molar-refractivity contribution is 6.34. The maximum Gasteiger partial charge on any atom is -0.00199 e. The highest BCUT2D eigenvalue weighted by Crippen LogP contribution is 2.45. The molecule has 13 aromatic rings. The summed E-state index contributed by atoms with van der Waals surface area (Å²) in [4.78, 5) is 0. The van der Waals surface area contributed by atoms with Gasteiger partial charge in [-0.3, -0.25) is 0 Å². The Morgan fingerprint density at radius 1 is 0.167 bits per heavy atom. The second kappa shape index (κ2) is 12.9. The van der Waals surface area contributed by atoms with Crippen molar-refractivity contribution in [2.75, 3.05) is 0 Å². The Labute approximate surface area is 347 Å². The molecule has 276 valence electrons. The average Bonchev–Trinajstić information content (AvgIpc) is 3.33. The van der Waals surface area contributed by atoms with Crippen LogP contribution in [0.2, 0.25) is 0 Å². The molecule has 0 aliphatic rings. The largest absolute Gasteiger partial charge is 0.0616 e. The lowest BCUT2D eigenvalue weighted by Crippen LogP contribution is -1.89. The fourth-order valence-electron chi connectivity index (χ4n) is 10.4. The van der Waals surface area contributed by atoms with Gasteiger partial charge in [0.2, 0.25) is 0 Å². The summed E-state index contributed by atoms with van der Waals surface area (Å²) in [6, 6.07) is 81.3. The SMILES string of the molecule is c1ccc2c(c1)c(-c1ccc(-c3ccc4ccc(-c5cc6c7ccccc7c7ccccc7c6c6ccccc56)cc4c3)cc1)cc1c3ccccc3c3ccccc3c21. The van der Waals surface area contributed by atoms with Crippen LogP contribution in [0, 0.1) is 0 Å². The Kier molecular flexibility index (Phi) is 7.11. The molecule has 0 aromatic heterocycles. The van der Waals surface area contributed by atoms with Crippen molar-refractivity contribution in [3.8, 4) is 33.4 Å². The van der Waals surface area contributed by atoms with Crippen molar-refractivity contribution < 1.29 is 0 Å². The van der Waals surface area contributed by atoms with Crippen molar-refractivity contribution in [3.05, 3.63) is 218 Å². The van der Waals surface area contributed by atoms with Crippen LogP contribution in [0.25, 0.3) is 130 Å². The van der Waals surface area contributed by atoms with Crippen LogP contribution >= 0.6 is 0 Å². The molecule has 0 saturated heterocycles. The summed E-state index contributed by atoms with van der Waals surface area (Å²) >= 11 is 0. The van der Waals surface area contributed by atoms with Crippen molar-refractivity contribution >= 4 is 97.0 Å². The van der Waals surface area contributed by atoms with E-state index < -0.39 is 0 Å². The molecule has 0 bridgehead atoms. The van der Waals surface area contributed by atoms with Crippen molar-refractivity contribution in [2.45, 2.75) is 0 Å². The van der Waals surface area contributed by atoms with E-state index in [-0.39, 0.29) is 0 Å². The van der Waals surface area contributed by atoms with Crippen LogP contribution in [0.15, 0.2) is 218 Å². The summed E-state index contributed by atoms with van der Waals surface area (Å²) in [5.41, 5.74) is 7.40. The van der Waals surface area contributed by atoms with E-state index >= 15 is 0 Å². The maximum absolute atomic E-state index is 2.44. The molecule has 0 spiro atoms. The molecule has 0 radical (unpaired) electrons. The Balaban J connectivity index is 0.947. The maximum atomic E-state index is 2.44. The van der Waals surface area contributed by atoms with Crippen LogP contribution in [-0.2, 0) is 0 Å². The van der Waals surface area contributed by atoms with Crippen LogP contribution in [0.3, 0.4) is 0 Å². The third kappa shape index (κ3) is 4.86. The van der Waals surface area contributed by atoms with Gasteiger partial charge < -0.3 is 0 Å². The molecule has 0 heterocycles. The van der Waals surface area contributed by atoms with Crippen molar-refractivity contribution in [3.63, 3.8) is 0 Å². The molecule has 0 fully saturated rings. The molecule has 0 saturated carbocycles. The first kappa shape index (κ1) is 33.2. The molecule has 0 heteroatoms. The standard InChI is InChI=1S/C60H36/c1-3-17-47-43(13-1)45-15-5-9-21-51(45)59-53-23-11-7-19-49(53)55(35-57(47)59)39-29-25-37(26-30-39)40-31-27-38-28-32-41(34-42(38)33-40)56-36-58-48-18-4-2-14-44(48)46-16-6-10-22-52(46)60(58)54-24-12-8-20-50(54)56/h1-36H. The van der Waals surface area contributed by atoms with E-state index in [2.05, 4.69) is 218 Å². The Morgan fingerprint density at radius 3 is 0.933 bits per heavy atom. The minimum Gasteiger partial charge on any atom is -0.0616 e. The molecule has 0 unspecified atom stereocenters. The quantitative estimate of drug-likeness (QED) is 0.158. The zero-order valence-electron chi connectivity index (χ0n) is 32.8. The predicted octanol–water partition coefficient (Wildman–Crippen LogP) is 17.1. The number of rotatable bonds is 3. The monoisotopic (exact) mass is 756 g/mol. The van der Waals surface area contributed by atoms with Gasteiger partial charge in [0.25, 0.3) is 0 Å². The molecule has 60 heavy (non-hydrogen) atoms. The van der Waals surface area contributed by atoms with Gasteiger partial charge in [0.05, 0.1) is 0 Å². The third-order valence-corrected chi connectivity index (χ3v) is 13.2. The first-order chi connectivity index (χ1) is 29.8. The zero-order valence-corrected chi connectivity index (χ0v) is 32.8. The number of hydrogen-bond donors (Lipinski definition) is 0. The minimum atomic E-state index is 1.21. The lowest BCUT2D eigenvalue weighted by Gasteiger charge is -2.16. The zero-order chi connectivity index (χ0) is 39.3. The fourth-order valence-corrected chi connectivity index (χ4v) is 10.4. The Bertz CT molecular complexity index is 3930. The molecule has 0 N–H and O–H groups in total. The van der Waals surface area contributed by atoms with Gasteiger partial charge in [0.15, 0.2) is 0 Å². The van der Waals surface area contributed by atoms with Crippen LogP contribution in [-0.4, -0.2) is 0 Å². The molecule has 0 aliphatic carbocycles. The van der Waals surface area contributed by atoms with Gasteiger partial charge >= 0.3 is 0 Å². The third-order valence-electron chi connectivity index (χ3n) is 13.2. The Hall–Kier alpha value is -7.80. The van der Waals surface area contributed by atoms with Crippen LogP contribution in [0.1, 0.15) is 0 Å². The second-order valence-electron chi connectivity index (χ2n) is 16.3. The molecule has 0 aliphatic heterocycles. The average molecular weight is 757 g/mol. The Morgan fingerprint density at radius 2 is 0.467 bits per heavy atom. The molecule has 0 nitrogen and oxygen atoms in total. The van der Waals surface area contributed by atoms with E-state index in [4.69, 9.17) is 0 Å². The molecular weight excluding hydrogens is 721 g/mol. The summed E-state index contributed by atoms with van der Waals surface area (Å²) in [5, 5.41) is 23.3. The summed E-state index contributed by atoms with van der Waals surface area (Å²) in [5.74, 6) is 0. The summed E-state index contributed by atoms with van der Waals surface area (Å²) in [6.07, 6.45) is 0. The predicted molar refractivity (Wildman–Crippen MR) is 260 cm³/mol. The fraction of sp³-hybridized carbons (Fsp3) is 0. The van der Waals surface area contributed by atoms with Crippen LogP contribution in [0.5, 0.6) is 0 Å². The first-order valence-corrected chi connectivity index (χ1v) is 20.9. The van der Waals surface area contributed by atoms with Gasteiger partial charge in [0.1, 0.15) is 0 Å². The molecule has 0 amide bonds. The van der Waals surface area contributed by atoms with Gasteiger partial charge in [-0.1, -0.05) is 194 Å². The van der Waals surface area contributed by atoms with Gasteiger partial charge in [0, 0.05) is 0 Å². The molecule has 0 atom stereocenters. The van der Waals surface area contributed by atoms with E-state index in [1.165, 1.54) is 130 Å². The van der Waals surface area contributed by atoms with Gasteiger partial charge in [-0.05, 0) is 155 Å². The van der Waals surface area contributed by atoms with Gasteiger partial charge in [-0.2, -0.15) is 0 Å². The molecule has 13 rings (SSSR count).